The van der Waals surface area contributed by atoms with Crippen molar-refractivity contribution in [3.8, 4) is 11.5 Å². The Balaban J connectivity index is 2.99. The van der Waals surface area contributed by atoms with Crippen LogP contribution in [0.2, 0.25) is 0 Å². The molecule has 22 heavy (non-hydrogen) atoms. The summed E-state index contributed by atoms with van der Waals surface area (Å²) in [5.74, 6) is 1.98. The van der Waals surface area contributed by atoms with E-state index in [0.29, 0.717) is 30.4 Å². The predicted octanol–water partition coefficient (Wildman–Crippen LogP) is 2.43. The number of carbonyl (C=O) groups is 1. The number of rotatable bonds is 9. The van der Waals surface area contributed by atoms with Crippen molar-refractivity contribution < 1.29 is 19.0 Å². The summed E-state index contributed by atoms with van der Waals surface area (Å²) in [4.78, 5) is 14.2. The highest BCUT2D eigenvalue weighted by molar-refractivity contribution is 7.99. The van der Waals surface area contributed by atoms with Crippen molar-refractivity contribution in [2.24, 2.45) is 0 Å². The van der Waals surface area contributed by atoms with Gasteiger partial charge in [-0.3, -0.25) is 4.79 Å². The molecule has 0 aliphatic rings. The maximum absolute atomic E-state index is 12.4. The van der Waals surface area contributed by atoms with Crippen molar-refractivity contribution in [3.05, 3.63) is 23.8 Å². The van der Waals surface area contributed by atoms with E-state index >= 15 is 0 Å². The highest BCUT2D eigenvalue weighted by Crippen LogP contribution is 2.24. The molecule has 6 heteroatoms. The number of methoxy groups -OCH3 is 3. The first-order valence-electron chi connectivity index (χ1n) is 7.05. The van der Waals surface area contributed by atoms with Gasteiger partial charge in [0.15, 0.2) is 0 Å². The molecule has 0 saturated carbocycles. The molecule has 1 rings (SSSR count). The van der Waals surface area contributed by atoms with Crippen LogP contribution in [0.1, 0.15) is 12.5 Å². The van der Waals surface area contributed by atoms with E-state index in [-0.39, 0.29) is 11.9 Å². The normalized spacial score (nSPS) is 11.9. The Hall–Kier alpha value is -1.40. The molecule has 0 unspecified atom stereocenters. The SMILES string of the molecule is COC[C@H](C)N(Cc1cc(OC)cc(OC)c1)C(=O)CSC. The number of hydrogen-bond acceptors (Lipinski definition) is 5. The van der Waals surface area contributed by atoms with Crippen LogP contribution in [0.3, 0.4) is 0 Å². The molecule has 1 aromatic carbocycles. The van der Waals surface area contributed by atoms with Crippen molar-refractivity contribution in [2.75, 3.05) is 39.9 Å². The number of benzene rings is 1. The van der Waals surface area contributed by atoms with Gasteiger partial charge in [-0.15, -0.1) is 0 Å². The smallest absolute Gasteiger partial charge is 0.233 e. The van der Waals surface area contributed by atoms with Crippen LogP contribution in [0.15, 0.2) is 18.2 Å². The first-order valence-corrected chi connectivity index (χ1v) is 8.44. The van der Waals surface area contributed by atoms with Gasteiger partial charge < -0.3 is 19.1 Å². The fourth-order valence-electron chi connectivity index (χ4n) is 2.18. The standard InChI is InChI=1S/C16H25NO4S/c1-12(10-19-2)17(16(18)11-22-5)9-13-6-14(20-3)8-15(7-13)21-4/h6-8,12H,9-11H2,1-5H3/t12-/m0/s1. The van der Waals surface area contributed by atoms with Crippen LogP contribution in [-0.2, 0) is 16.1 Å². The third-order valence-corrected chi connectivity index (χ3v) is 3.83. The Labute approximate surface area is 136 Å². The number of thioether (sulfide) groups is 1. The summed E-state index contributed by atoms with van der Waals surface area (Å²) >= 11 is 1.52. The Bertz CT molecular complexity index is 459. The van der Waals surface area contributed by atoms with E-state index in [1.165, 1.54) is 11.8 Å². The lowest BCUT2D eigenvalue weighted by Crippen LogP contribution is -2.41. The average molecular weight is 327 g/mol. The topological polar surface area (TPSA) is 48.0 Å². The highest BCUT2D eigenvalue weighted by Gasteiger charge is 2.20. The Morgan fingerprint density at radius 3 is 2.23 bits per heavy atom. The van der Waals surface area contributed by atoms with Gasteiger partial charge in [-0.05, 0) is 30.9 Å². The lowest BCUT2D eigenvalue weighted by atomic mass is 10.1. The summed E-state index contributed by atoms with van der Waals surface area (Å²) in [6.45, 7) is 2.98. The minimum absolute atomic E-state index is 0.00171. The molecule has 0 aliphatic heterocycles. The third-order valence-electron chi connectivity index (χ3n) is 3.29. The van der Waals surface area contributed by atoms with E-state index in [4.69, 9.17) is 14.2 Å². The molecule has 5 nitrogen and oxygen atoms in total. The van der Waals surface area contributed by atoms with Crippen molar-refractivity contribution in [1.82, 2.24) is 4.90 Å². The summed E-state index contributed by atoms with van der Waals surface area (Å²) in [6.07, 6.45) is 1.92. The second-order valence-corrected chi connectivity index (χ2v) is 5.85. The predicted molar refractivity (Wildman–Crippen MR) is 89.8 cm³/mol. The maximum atomic E-state index is 12.4. The van der Waals surface area contributed by atoms with Gasteiger partial charge in [0.05, 0.1) is 32.6 Å². The fraction of sp³-hybridized carbons (Fsp3) is 0.562. The second kappa shape index (κ2) is 9.58. The number of carbonyl (C=O) groups excluding carboxylic acids is 1. The molecule has 1 atom stereocenters. The molecule has 0 fully saturated rings. The van der Waals surface area contributed by atoms with E-state index in [1.807, 2.05) is 36.3 Å². The van der Waals surface area contributed by atoms with E-state index in [2.05, 4.69) is 0 Å². The number of ether oxygens (including phenoxy) is 3. The fourth-order valence-corrected chi connectivity index (χ4v) is 2.59. The minimum atomic E-state index is 0.00171. The zero-order valence-electron chi connectivity index (χ0n) is 13.9. The zero-order valence-corrected chi connectivity index (χ0v) is 14.7. The summed E-state index contributed by atoms with van der Waals surface area (Å²) < 4.78 is 15.8. The van der Waals surface area contributed by atoms with Gasteiger partial charge in [0.1, 0.15) is 11.5 Å². The summed E-state index contributed by atoms with van der Waals surface area (Å²) in [7, 11) is 4.87. The molecule has 0 aromatic heterocycles. The first-order chi connectivity index (χ1) is 10.5. The van der Waals surface area contributed by atoms with Crippen LogP contribution in [0.25, 0.3) is 0 Å². The molecule has 0 spiro atoms. The highest BCUT2D eigenvalue weighted by atomic mass is 32.2. The van der Waals surface area contributed by atoms with Crippen LogP contribution < -0.4 is 9.47 Å². The summed E-state index contributed by atoms with van der Waals surface area (Å²) in [6, 6.07) is 5.65. The minimum Gasteiger partial charge on any atom is -0.497 e. The van der Waals surface area contributed by atoms with Gasteiger partial charge >= 0.3 is 0 Å². The first kappa shape index (κ1) is 18.6. The maximum Gasteiger partial charge on any atom is 0.233 e. The number of nitrogens with zero attached hydrogens (tertiary/aromatic N) is 1. The molecule has 1 amide bonds. The van der Waals surface area contributed by atoms with Crippen LogP contribution in [-0.4, -0.2) is 56.8 Å². The summed E-state index contributed by atoms with van der Waals surface area (Å²) in [5.41, 5.74) is 0.966. The molecule has 1 aromatic rings. The van der Waals surface area contributed by atoms with E-state index in [9.17, 15) is 4.79 Å². The molecular formula is C16H25NO4S. The number of amides is 1. The van der Waals surface area contributed by atoms with Gasteiger partial charge in [0.2, 0.25) is 5.91 Å². The van der Waals surface area contributed by atoms with Gasteiger partial charge in [-0.2, -0.15) is 11.8 Å². The molecule has 0 bridgehead atoms. The molecule has 0 heterocycles. The van der Waals surface area contributed by atoms with Crippen LogP contribution in [0, 0.1) is 0 Å². The Kier molecular flexibility index (Phi) is 8.12. The van der Waals surface area contributed by atoms with Crippen molar-refractivity contribution in [2.45, 2.75) is 19.5 Å². The zero-order chi connectivity index (χ0) is 16.5. The molecule has 0 radical (unpaired) electrons. The summed E-state index contributed by atoms with van der Waals surface area (Å²) in [5, 5.41) is 0. The molecule has 0 saturated heterocycles. The molecule has 0 aliphatic carbocycles. The van der Waals surface area contributed by atoms with Gasteiger partial charge in [-0.25, -0.2) is 0 Å². The van der Waals surface area contributed by atoms with E-state index in [1.54, 1.807) is 21.3 Å². The van der Waals surface area contributed by atoms with Gasteiger partial charge in [0.25, 0.3) is 0 Å². The average Bonchev–Trinajstić information content (AvgIpc) is 2.52. The van der Waals surface area contributed by atoms with E-state index < -0.39 is 0 Å². The Morgan fingerprint density at radius 1 is 1.18 bits per heavy atom. The number of hydrogen-bond donors (Lipinski definition) is 0. The molecular weight excluding hydrogens is 302 g/mol. The monoisotopic (exact) mass is 327 g/mol. The van der Waals surface area contributed by atoms with Gasteiger partial charge in [0, 0.05) is 19.7 Å². The van der Waals surface area contributed by atoms with E-state index in [0.717, 1.165) is 5.56 Å². The van der Waals surface area contributed by atoms with Crippen LogP contribution in [0.4, 0.5) is 0 Å². The van der Waals surface area contributed by atoms with Crippen molar-refractivity contribution in [3.63, 3.8) is 0 Å². The molecule has 124 valence electrons. The third kappa shape index (κ3) is 5.42. The lowest BCUT2D eigenvalue weighted by molar-refractivity contribution is -0.132. The lowest BCUT2D eigenvalue weighted by Gasteiger charge is -2.29. The molecule has 0 N–H and O–H groups in total. The van der Waals surface area contributed by atoms with Crippen LogP contribution in [0.5, 0.6) is 11.5 Å². The van der Waals surface area contributed by atoms with Crippen molar-refractivity contribution in [1.29, 1.82) is 0 Å². The van der Waals surface area contributed by atoms with Crippen molar-refractivity contribution >= 4 is 17.7 Å². The quantitative estimate of drug-likeness (QED) is 0.697. The van der Waals surface area contributed by atoms with Gasteiger partial charge in [-0.1, -0.05) is 0 Å². The largest absolute Gasteiger partial charge is 0.497 e. The Morgan fingerprint density at radius 2 is 1.77 bits per heavy atom. The second-order valence-electron chi connectivity index (χ2n) is 4.98. The van der Waals surface area contributed by atoms with Crippen LogP contribution >= 0.6 is 11.8 Å².